The number of halogens is 3. The van der Waals surface area contributed by atoms with Crippen molar-refractivity contribution in [1.82, 2.24) is 5.32 Å². The van der Waals surface area contributed by atoms with Crippen LogP contribution >= 0.6 is 11.6 Å². The highest BCUT2D eigenvalue weighted by molar-refractivity contribution is 6.39. The van der Waals surface area contributed by atoms with Crippen molar-refractivity contribution < 1.29 is 23.5 Å². The minimum atomic E-state index is -1.19. The van der Waals surface area contributed by atoms with Crippen LogP contribution in [0, 0.1) is 17.0 Å². The Morgan fingerprint density at radius 3 is 2.29 bits per heavy atom. The summed E-state index contributed by atoms with van der Waals surface area (Å²) in [5.74, 6) is -4.36. The maximum absolute atomic E-state index is 13.5. The second kappa shape index (κ2) is 5.95. The first-order valence-corrected chi connectivity index (χ1v) is 6.59. The number of aliphatic hydroxyl groups excluding tert-OH is 1. The number of anilines is 1. The van der Waals surface area contributed by atoms with Crippen molar-refractivity contribution in [2.45, 2.75) is 12.8 Å². The van der Waals surface area contributed by atoms with Crippen LogP contribution in [0.15, 0.2) is 12.1 Å². The lowest BCUT2D eigenvalue weighted by atomic mass is 10.1. The summed E-state index contributed by atoms with van der Waals surface area (Å²) in [4.78, 5) is 23.1. The summed E-state index contributed by atoms with van der Waals surface area (Å²) in [6, 6.07) is 1.65. The maximum atomic E-state index is 13.5. The van der Waals surface area contributed by atoms with Gasteiger partial charge in [0.25, 0.3) is 0 Å². The molecule has 2 amide bonds. The van der Waals surface area contributed by atoms with E-state index >= 15 is 0 Å². The molecule has 0 atom stereocenters. The first-order chi connectivity index (χ1) is 9.87. The van der Waals surface area contributed by atoms with Crippen molar-refractivity contribution in [3.05, 3.63) is 28.8 Å². The molecule has 0 unspecified atom stereocenters. The summed E-state index contributed by atoms with van der Waals surface area (Å²) in [5.41, 5.74) is -1.10. The van der Waals surface area contributed by atoms with Crippen LogP contribution in [0.4, 0.5) is 14.5 Å². The summed E-state index contributed by atoms with van der Waals surface area (Å²) in [7, 11) is 0. The number of hydrogen-bond donors (Lipinski definition) is 3. The zero-order valence-electron chi connectivity index (χ0n) is 10.9. The van der Waals surface area contributed by atoms with E-state index in [2.05, 4.69) is 5.32 Å². The number of carbonyl (C=O) groups excluding carboxylic acids is 2. The predicted molar refractivity (Wildman–Crippen MR) is 71.8 cm³/mol. The van der Waals surface area contributed by atoms with Crippen molar-refractivity contribution in [3.8, 4) is 0 Å². The van der Waals surface area contributed by atoms with E-state index in [0.29, 0.717) is 0 Å². The molecule has 1 fully saturated rings. The SMILES string of the molecule is O=C(NCC1(CO)CC1)C(=O)Nc1c(F)cc(Cl)cc1F. The van der Waals surface area contributed by atoms with Gasteiger partial charge in [-0.05, 0) is 25.0 Å². The van der Waals surface area contributed by atoms with E-state index in [0.717, 1.165) is 25.0 Å². The Hall–Kier alpha value is -1.73. The van der Waals surface area contributed by atoms with Gasteiger partial charge in [0.2, 0.25) is 0 Å². The van der Waals surface area contributed by atoms with Gasteiger partial charge in [0.15, 0.2) is 11.6 Å². The third-order valence-electron chi connectivity index (χ3n) is 3.37. The average Bonchev–Trinajstić information content (AvgIpc) is 3.20. The Morgan fingerprint density at radius 2 is 1.81 bits per heavy atom. The van der Waals surface area contributed by atoms with Crippen molar-refractivity contribution >= 4 is 29.1 Å². The van der Waals surface area contributed by atoms with Crippen molar-refractivity contribution in [3.63, 3.8) is 0 Å². The van der Waals surface area contributed by atoms with Crippen molar-refractivity contribution in [2.75, 3.05) is 18.5 Å². The van der Waals surface area contributed by atoms with E-state index in [1.165, 1.54) is 0 Å². The van der Waals surface area contributed by atoms with E-state index in [4.69, 9.17) is 16.7 Å². The van der Waals surface area contributed by atoms with Gasteiger partial charge < -0.3 is 15.7 Å². The summed E-state index contributed by atoms with van der Waals surface area (Å²) in [6.07, 6.45) is 1.51. The molecule has 0 saturated heterocycles. The zero-order chi connectivity index (χ0) is 15.6. The minimum Gasteiger partial charge on any atom is -0.396 e. The van der Waals surface area contributed by atoms with Gasteiger partial charge in [0, 0.05) is 17.0 Å². The Kier molecular flexibility index (Phi) is 4.43. The summed E-state index contributed by atoms with van der Waals surface area (Å²) < 4.78 is 26.9. The van der Waals surface area contributed by atoms with Gasteiger partial charge >= 0.3 is 11.8 Å². The number of rotatable bonds is 4. The van der Waals surface area contributed by atoms with Crippen LogP contribution in [0.1, 0.15) is 12.8 Å². The topological polar surface area (TPSA) is 78.4 Å². The lowest BCUT2D eigenvalue weighted by Gasteiger charge is -2.13. The van der Waals surface area contributed by atoms with E-state index in [1.807, 2.05) is 5.32 Å². The Bertz CT molecular complexity index is 568. The van der Waals surface area contributed by atoms with Gasteiger partial charge in [-0.2, -0.15) is 0 Å². The Morgan fingerprint density at radius 1 is 1.24 bits per heavy atom. The molecule has 0 aromatic heterocycles. The number of carbonyl (C=O) groups is 2. The third kappa shape index (κ3) is 3.68. The van der Waals surface area contributed by atoms with Crippen molar-refractivity contribution in [1.29, 1.82) is 0 Å². The molecule has 0 spiro atoms. The van der Waals surface area contributed by atoms with Crippen LogP contribution in [-0.2, 0) is 9.59 Å². The highest BCUT2D eigenvalue weighted by Crippen LogP contribution is 2.44. The highest BCUT2D eigenvalue weighted by atomic mass is 35.5. The molecule has 3 N–H and O–H groups in total. The predicted octanol–water partition coefficient (Wildman–Crippen LogP) is 1.45. The van der Waals surface area contributed by atoms with Gasteiger partial charge in [-0.25, -0.2) is 8.78 Å². The molecule has 2 rings (SSSR count). The Labute approximate surface area is 124 Å². The fourth-order valence-corrected chi connectivity index (χ4v) is 1.94. The van der Waals surface area contributed by atoms with Crippen LogP contribution in [0.5, 0.6) is 0 Å². The first kappa shape index (κ1) is 15.7. The minimum absolute atomic E-state index is 0.0880. The normalized spacial score (nSPS) is 15.4. The van der Waals surface area contributed by atoms with Crippen LogP contribution in [0.2, 0.25) is 5.02 Å². The first-order valence-electron chi connectivity index (χ1n) is 6.21. The second-order valence-corrected chi connectivity index (χ2v) is 5.48. The molecule has 1 aliphatic carbocycles. The lowest BCUT2D eigenvalue weighted by Crippen LogP contribution is -2.39. The molecule has 1 saturated carbocycles. The van der Waals surface area contributed by atoms with Crippen LogP contribution in [0.3, 0.4) is 0 Å². The van der Waals surface area contributed by atoms with Crippen LogP contribution in [0.25, 0.3) is 0 Å². The summed E-state index contributed by atoms with van der Waals surface area (Å²) in [6.45, 7) is 0.0523. The molecule has 0 bridgehead atoms. The van der Waals surface area contributed by atoms with Gasteiger partial charge in [0.05, 0.1) is 6.61 Å². The number of nitrogens with one attached hydrogen (secondary N) is 2. The monoisotopic (exact) mass is 318 g/mol. The van der Waals surface area contributed by atoms with Gasteiger partial charge in [-0.15, -0.1) is 0 Å². The fourth-order valence-electron chi connectivity index (χ4n) is 1.75. The zero-order valence-corrected chi connectivity index (χ0v) is 11.6. The summed E-state index contributed by atoms with van der Waals surface area (Å²) >= 11 is 5.45. The second-order valence-electron chi connectivity index (χ2n) is 5.04. The molecule has 0 heterocycles. The van der Waals surface area contributed by atoms with Gasteiger partial charge in [0.1, 0.15) is 5.69 Å². The number of aliphatic hydroxyl groups is 1. The molecule has 0 aliphatic heterocycles. The molecule has 5 nitrogen and oxygen atoms in total. The molecule has 1 aliphatic rings. The van der Waals surface area contributed by atoms with Gasteiger partial charge in [-0.1, -0.05) is 11.6 Å². The standard InChI is InChI=1S/C13H13ClF2N2O3/c14-7-3-8(15)10(9(16)4-7)18-12(21)11(20)17-5-13(6-19)1-2-13/h3-4,19H,1-2,5-6H2,(H,17,20)(H,18,21). The molecular formula is C13H13ClF2N2O3. The average molecular weight is 319 g/mol. The Balaban J connectivity index is 1.96. The number of hydrogen-bond acceptors (Lipinski definition) is 3. The smallest absolute Gasteiger partial charge is 0.313 e. The van der Waals surface area contributed by atoms with E-state index < -0.39 is 29.1 Å². The third-order valence-corrected chi connectivity index (χ3v) is 3.59. The van der Waals surface area contributed by atoms with Crippen molar-refractivity contribution in [2.24, 2.45) is 5.41 Å². The molecule has 1 aromatic carbocycles. The molecule has 1 aromatic rings. The quantitative estimate of drug-likeness (QED) is 0.735. The molecule has 8 heteroatoms. The van der Waals surface area contributed by atoms with Crippen LogP contribution in [-0.4, -0.2) is 30.1 Å². The number of benzene rings is 1. The number of amides is 2. The molecular weight excluding hydrogens is 306 g/mol. The fraction of sp³-hybridized carbons (Fsp3) is 0.385. The maximum Gasteiger partial charge on any atom is 0.313 e. The molecule has 114 valence electrons. The molecule has 21 heavy (non-hydrogen) atoms. The van der Waals surface area contributed by atoms with Crippen LogP contribution < -0.4 is 10.6 Å². The highest BCUT2D eigenvalue weighted by Gasteiger charge is 2.42. The van der Waals surface area contributed by atoms with Gasteiger partial charge in [-0.3, -0.25) is 9.59 Å². The lowest BCUT2D eigenvalue weighted by molar-refractivity contribution is -0.136. The van der Waals surface area contributed by atoms with E-state index in [9.17, 15) is 18.4 Å². The largest absolute Gasteiger partial charge is 0.396 e. The van der Waals surface area contributed by atoms with E-state index in [1.54, 1.807) is 0 Å². The van der Waals surface area contributed by atoms with E-state index in [-0.39, 0.29) is 23.6 Å². The molecule has 0 radical (unpaired) electrons. The summed E-state index contributed by atoms with van der Waals surface area (Å²) in [5, 5.41) is 13.1.